The zero-order valence-corrected chi connectivity index (χ0v) is 13.4. The number of aliphatic hydroxyl groups is 1. The molecule has 5 N–H and O–H groups in total. The van der Waals surface area contributed by atoms with Gasteiger partial charge in [0.1, 0.15) is 30.2 Å². The van der Waals surface area contributed by atoms with Gasteiger partial charge in [0.05, 0.1) is 12.9 Å². The first-order chi connectivity index (χ1) is 11.3. The maximum atomic E-state index is 10.8. The lowest BCUT2D eigenvalue weighted by Crippen LogP contribution is -2.35. The molecule has 2 aromatic rings. The molecular weight excluding hydrogens is 345 g/mol. The van der Waals surface area contributed by atoms with Crippen molar-refractivity contribution in [3.8, 4) is 0 Å². The molecule has 0 radical (unpaired) electrons. The number of hydrogen-bond acceptors (Lipinski definition) is 9. The number of ether oxygens (including phenoxy) is 2. The first-order valence-electron chi connectivity index (χ1n) is 6.81. The Labute approximate surface area is 135 Å². The molecule has 24 heavy (non-hydrogen) atoms. The fourth-order valence-electron chi connectivity index (χ4n) is 2.56. The van der Waals surface area contributed by atoms with Crippen molar-refractivity contribution in [2.45, 2.75) is 24.5 Å². The Morgan fingerprint density at radius 1 is 1.42 bits per heavy atom. The van der Waals surface area contributed by atoms with E-state index in [4.69, 9.17) is 25.0 Å². The van der Waals surface area contributed by atoms with Gasteiger partial charge in [-0.1, -0.05) is 0 Å². The second-order valence-corrected chi connectivity index (χ2v) is 6.36. The zero-order valence-electron chi connectivity index (χ0n) is 12.5. The summed E-state index contributed by atoms with van der Waals surface area (Å²) in [5.41, 5.74) is 6.47. The molecule has 1 saturated heterocycles. The Kier molecular flexibility index (Phi) is 4.53. The van der Waals surface area contributed by atoms with Gasteiger partial charge in [-0.3, -0.25) is 9.09 Å². The minimum atomic E-state index is -4.69. The van der Waals surface area contributed by atoms with Crippen molar-refractivity contribution in [1.29, 1.82) is 0 Å². The van der Waals surface area contributed by atoms with E-state index in [1.54, 1.807) is 0 Å². The third-order valence-electron chi connectivity index (χ3n) is 3.65. The van der Waals surface area contributed by atoms with Gasteiger partial charge in [-0.15, -0.1) is 0 Å². The Morgan fingerprint density at radius 2 is 2.17 bits per heavy atom. The summed E-state index contributed by atoms with van der Waals surface area (Å²) in [6, 6.07) is 0. The largest absolute Gasteiger partial charge is 0.469 e. The first-order valence-corrected chi connectivity index (χ1v) is 8.34. The molecule has 4 atom stereocenters. The molecule has 0 aliphatic carbocycles. The van der Waals surface area contributed by atoms with Crippen LogP contribution in [0.5, 0.6) is 0 Å². The third-order valence-corrected chi connectivity index (χ3v) is 4.14. The molecule has 0 spiro atoms. The fourth-order valence-corrected chi connectivity index (χ4v) is 2.90. The lowest BCUT2D eigenvalue weighted by molar-refractivity contribution is -0.0578. The quantitative estimate of drug-likeness (QED) is 0.470. The normalized spacial score (nSPS) is 27.8. The number of aromatic nitrogens is 4. The Balaban J connectivity index is 1.89. The van der Waals surface area contributed by atoms with E-state index >= 15 is 0 Å². The Hall–Kier alpha value is -1.66. The minimum absolute atomic E-state index is 0.188. The Morgan fingerprint density at radius 3 is 2.83 bits per heavy atom. The van der Waals surface area contributed by atoms with Gasteiger partial charge in [0, 0.05) is 7.11 Å². The van der Waals surface area contributed by atoms with Crippen molar-refractivity contribution in [1.82, 2.24) is 19.5 Å². The number of methoxy groups -OCH3 is 1. The number of phosphoric ester groups is 1. The molecular formula is C11H16N5O7P. The van der Waals surface area contributed by atoms with Crippen LogP contribution in [0, 0.1) is 0 Å². The molecule has 0 saturated carbocycles. The van der Waals surface area contributed by atoms with Crippen LogP contribution in [0.3, 0.4) is 0 Å². The van der Waals surface area contributed by atoms with Crippen molar-refractivity contribution in [2.75, 3.05) is 19.5 Å². The van der Waals surface area contributed by atoms with Crippen LogP contribution in [0.15, 0.2) is 12.7 Å². The smallest absolute Gasteiger partial charge is 0.387 e. The minimum Gasteiger partial charge on any atom is -0.387 e. The van der Waals surface area contributed by atoms with E-state index in [1.165, 1.54) is 24.3 Å². The van der Waals surface area contributed by atoms with Crippen LogP contribution >= 0.6 is 7.82 Å². The molecule has 1 aliphatic heterocycles. The highest BCUT2D eigenvalue weighted by molar-refractivity contribution is 7.46. The van der Waals surface area contributed by atoms with Gasteiger partial charge >= 0.3 is 7.82 Å². The standard InChI is InChI=1S/C11H16N5O7P/c1-21-8-7(17)5(2-22-24(18,19)20)23-11(8)16-4-15-6-9(12)13-3-14-10(6)16/h3-5,7-8,11,17H,2H2,1H3,(H2,12,13,14)(H2,18,19,20)/t5-,7+,8-,11-/m1/s1. The lowest BCUT2D eigenvalue weighted by atomic mass is 10.1. The summed E-state index contributed by atoms with van der Waals surface area (Å²) in [6.07, 6.45) is -1.19. The molecule has 1 fully saturated rings. The average Bonchev–Trinajstić information content (AvgIpc) is 3.06. The highest BCUT2D eigenvalue weighted by Crippen LogP contribution is 2.39. The van der Waals surface area contributed by atoms with Crippen LogP contribution < -0.4 is 5.73 Å². The molecule has 3 heterocycles. The molecule has 13 heteroatoms. The number of fused-ring (bicyclic) bond motifs is 1. The summed E-state index contributed by atoms with van der Waals surface area (Å²) < 4.78 is 27.6. The van der Waals surface area contributed by atoms with E-state index in [1.807, 2.05) is 0 Å². The van der Waals surface area contributed by atoms with Crippen molar-refractivity contribution < 1.29 is 33.5 Å². The van der Waals surface area contributed by atoms with Gasteiger partial charge in [-0.25, -0.2) is 19.5 Å². The van der Waals surface area contributed by atoms with Crippen molar-refractivity contribution in [2.24, 2.45) is 0 Å². The van der Waals surface area contributed by atoms with E-state index in [2.05, 4.69) is 19.5 Å². The van der Waals surface area contributed by atoms with Crippen molar-refractivity contribution in [3.05, 3.63) is 12.7 Å². The number of nitrogen functional groups attached to an aromatic ring is 1. The van der Waals surface area contributed by atoms with Gasteiger partial charge in [0.15, 0.2) is 17.7 Å². The molecule has 0 amide bonds. The van der Waals surface area contributed by atoms with Crippen molar-refractivity contribution in [3.63, 3.8) is 0 Å². The lowest BCUT2D eigenvalue weighted by Gasteiger charge is -2.19. The molecule has 1 aliphatic rings. The molecule has 0 bridgehead atoms. The number of imidazole rings is 1. The summed E-state index contributed by atoms with van der Waals surface area (Å²) in [4.78, 5) is 29.6. The molecule has 12 nitrogen and oxygen atoms in total. The van der Waals surface area contributed by atoms with E-state index in [0.29, 0.717) is 11.2 Å². The highest BCUT2D eigenvalue weighted by Gasteiger charge is 2.46. The van der Waals surface area contributed by atoms with Crippen LogP contribution in [0.4, 0.5) is 5.82 Å². The van der Waals surface area contributed by atoms with Crippen LogP contribution in [-0.4, -0.2) is 66.4 Å². The number of anilines is 1. The SMILES string of the molecule is CO[C@@H]1[C@@H](O)[C@@H](COP(=O)(O)O)O[C@H]1n1cnc2c(N)ncnc21. The molecule has 0 unspecified atom stereocenters. The molecule has 3 rings (SSSR count). The van der Waals surface area contributed by atoms with Crippen LogP contribution in [-0.2, 0) is 18.6 Å². The number of aliphatic hydroxyl groups excluding tert-OH is 1. The topological polar surface area (TPSA) is 175 Å². The summed E-state index contributed by atoms with van der Waals surface area (Å²) in [7, 11) is -3.31. The van der Waals surface area contributed by atoms with Crippen LogP contribution in [0.2, 0.25) is 0 Å². The summed E-state index contributed by atoms with van der Waals surface area (Å²) in [5.74, 6) is 0.188. The summed E-state index contributed by atoms with van der Waals surface area (Å²) in [6.45, 7) is -0.508. The van der Waals surface area contributed by atoms with Crippen LogP contribution in [0.1, 0.15) is 6.23 Å². The maximum absolute atomic E-state index is 10.8. The number of nitrogens with zero attached hydrogens (tertiary/aromatic N) is 4. The van der Waals surface area contributed by atoms with E-state index in [-0.39, 0.29) is 5.82 Å². The van der Waals surface area contributed by atoms with Gasteiger partial charge in [0.25, 0.3) is 0 Å². The molecule has 2 aromatic heterocycles. The second-order valence-electron chi connectivity index (χ2n) is 5.13. The number of hydrogen-bond donors (Lipinski definition) is 4. The predicted octanol–water partition coefficient (Wildman–Crippen LogP) is -1.21. The van der Waals surface area contributed by atoms with Crippen LogP contribution in [0.25, 0.3) is 11.2 Å². The van der Waals surface area contributed by atoms with E-state index in [0.717, 1.165) is 0 Å². The van der Waals surface area contributed by atoms with E-state index in [9.17, 15) is 9.67 Å². The van der Waals surface area contributed by atoms with Gasteiger partial charge in [-0.05, 0) is 0 Å². The van der Waals surface area contributed by atoms with E-state index < -0.39 is 39.0 Å². The van der Waals surface area contributed by atoms with Gasteiger partial charge in [-0.2, -0.15) is 0 Å². The summed E-state index contributed by atoms with van der Waals surface area (Å²) in [5, 5.41) is 10.3. The first kappa shape index (κ1) is 17.2. The van der Waals surface area contributed by atoms with Gasteiger partial charge in [0.2, 0.25) is 0 Å². The fraction of sp³-hybridized carbons (Fsp3) is 0.545. The number of nitrogens with two attached hydrogens (primary N) is 1. The third kappa shape index (κ3) is 3.13. The average molecular weight is 361 g/mol. The monoisotopic (exact) mass is 361 g/mol. The summed E-state index contributed by atoms with van der Waals surface area (Å²) >= 11 is 0. The molecule has 132 valence electrons. The number of rotatable bonds is 5. The highest BCUT2D eigenvalue weighted by atomic mass is 31.2. The maximum Gasteiger partial charge on any atom is 0.469 e. The predicted molar refractivity (Wildman–Crippen MR) is 78.4 cm³/mol. The Bertz CT molecular complexity index is 779. The van der Waals surface area contributed by atoms with Crippen molar-refractivity contribution >= 4 is 24.8 Å². The second kappa shape index (κ2) is 6.33. The zero-order chi connectivity index (χ0) is 17.5. The molecule has 0 aromatic carbocycles. The number of phosphoric acid groups is 1. The van der Waals surface area contributed by atoms with Gasteiger partial charge < -0.3 is 30.1 Å².